The summed E-state index contributed by atoms with van der Waals surface area (Å²) in [7, 11) is 3.62. The quantitative estimate of drug-likeness (QED) is 0.665. The van der Waals surface area contributed by atoms with E-state index in [1.54, 1.807) is 11.0 Å². The van der Waals surface area contributed by atoms with Crippen molar-refractivity contribution in [2.75, 3.05) is 19.0 Å². The third-order valence-electron chi connectivity index (χ3n) is 1.82. The van der Waals surface area contributed by atoms with Crippen LogP contribution >= 0.6 is 0 Å². The van der Waals surface area contributed by atoms with Gasteiger partial charge in [-0.2, -0.15) is 4.98 Å². The number of aromatic nitrogens is 2. The fourth-order valence-electron chi connectivity index (χ4n) is 1.12. The average Bonchev–Trinajstić information content (AvgIpc) is 2.60. The van der Waals surface area contributed by atoms with E-state index in [1.807, 2.05) is 14.1 Å². The summed E-state index contributed by atoms with van der Waals surface area (Å²) in [5, 5.41) is 0. The zero-order valence-electron chi connectivity index (χ0n) is 7.89. The second-order valence-electron chi connectivity index (χ2n) is 3.06. The lowest BCUT2D eigenvalue weighted by atomic mass is 10.3. The molecule has 0 radical (unpaired) electrons. The molecule has 0 unspecified atom stereocenters. The molecule has 0 N–H and O–H groups in total. The van der Waals surface area contributed by atoms with E-state index in [9.17, 15) is 4.79 Å². The molecule has 72 valence electrons. The van der Waals surface area contributed by atoms with Gasteiger partial charge in [-0.05, 0) is 6.07 Å². The van der Waals surface area contributed by atoms with Crippen molar-refractivity contribution in [3.05, 3.63) is 17.8 Å². The van der Waals surface area contributed by atoms with E-state index < -0.39 is 0 Å². The summed E-state index contributed by atoms with van der Waals surface area (Å²) < 4.78 is 5.37. The lowest BCUT2D eigenvalue weighted by Crippen LogP contribution is -2.08. The van der Waals surface area contributed by atoms with Crippen LogP contribution in [0.3, 0.4) is 0 Å². The number of nitrogens with zero attached hydrogens (tertiary/aromatic N) is 3. The summed E-state index contributed by atoms with van der Waals surface area (Å²) in [5.74, 6) is 0. The standard InChI is InChI=1S/C9H9N3O2/c1-12(2)9-11-8-7(14-9)6(5-13)3-4-10-8/h3-5H,1-2H3. The summed E-state index contributed by atoms with van der Waals surface area (Å²) in [4.78, 5) is 20.5. The van der Waals surface area contributed by atoms with Gasteiger partial charge in [-0.25, -0.2) is 4.98 Å². The van der Waals surface area contributed by atoms with E-state index in [0.29, 0.717) is 22.8 Å². The van der Waals surface area contributed by atoms with E-state index >= 15 is 0 Å². The number of carbonyl (C=O) groups excluding carboxylic acids is 1. The highest BCUT2D eigenvalue weighted by Gasteiger charge is 2.11. The van der Waals surface area contributed by atoms with Crippen molar-refractivity contribution < 1.29 is 9.21 Å². The van der Waals surface area contributed by atoms with Crippen LogP contribution in [-0.4, -0.2) is 30.3 Å². The predicted octanol–water partition coefficient (Wildman–Crippen LogP) is 1.10. The molecule has 0 bridgehead atoms. The molecule has 0 aliphatic carbocycles. The third kappa shape index (κ3) is 1.22. The molecule has 0 fully saturated rings. The molecule has 0 saturated heterocycles. The first-order valence-electron chi connectivity index (χ1n) is 4.10. The number of hydrogen-bond acceptors (Lipinski definition) is 5. The van der Waals surface area contributed by atoms with Crippen LogP contribution in [0.5, 0.6) is 0 Å². The lowest BCUT2D eigenvalue weighted by Gasteiger charge is -2.03. The van der Waals surface area contributed by atoms with E-state index in [2.05, 4.69) is 9.97 Å². The van der Waals surface area contributed by atoms with E-state index in [-0.39, 0.29) is 0 Å². The van der Waals surface area contributed by atoms with Gasteiger partial charge in [0.2, 0.25) is 5.65 Å². The largest absolute Gasteiger partial charge is 0.421 e. The number of aldehydes is 1. The minimum absolute atomic E-state index is 0.436. The number of rotatable bonds is 2. The minimum Gasteiger partial charge on any atom is -0.421 e. The van der Waals surface area contributed by atoms with Crippen LogP contribution in [0.2, 0.25) is 0 Å². The van der Waals surface area contributed by atoms with Gasteiger partial charge in [0, 0.05) is 20.3 Å². The molecule has 5 heteroatoms. The fourth-order valence-corrected chi connectivity index (χ4v) is 1.12. The summed E-state index contributed by atoms with van der Waals surface area (Å²) >= 11 is 0. The van der Waals surface area contributed by atoms with E-state index in [0.717, 1.165) is 6.29 Å². The Morgan fingerprint density at radius 3 is 2.93 bits per heavy atom. The molecule has 0 aliphatic heterocycles. The Hall–Kier alpha value is -1.91. The number of carbonyl (C=O) groups is 1. The SMILES string of the molecule is CN(C)c1nc2nccc(C=O)c2o1. The van der Waals surface area contributed by atoms with E-state index in [1.165, 1.54) is 6.20 Å². The van der Waals surface area contributed by atoms with Gasteiger partial charge < -0.3 is 9.32 Å². The van der Waals surface area contributed by atoms with Crippen LogP contribution in [0.1, 0.15) is 10.4 Å². The van der Waals surface area contributed by atoms with Crippen molar-refractivity contribution in [2.45, 2.75) is 0 Å². The number of hydrogen-bond donors (Lipinski definition) is 0. The van der Waals surface area contributed by atoms with Gasteiger partial charge in [-0.1, -0.05) is 0 Å². The summed E-state index contributed by atoms with van der Waals surface area (Å²) in [6.45, 7) is 0. The first-order chi connectivity index (χ1) is 6.72. The zero-order chi connectivity index (χ0) is 10.1. The molecule has 5 nitrogen and oxygen atoms in total. The fraction of sp³-hybridized carbons (Fsp3) is 0.222. The van der Waals surface area contributed by atoms with Crippen LogP contribution in [-0.2, 0) is 0 Å². The van der Waals surface area contributed by atoms with Gasteiger partial charge in [0.05, 0.1) is 5.56 Å². The van der Waals surface area contributed by atoms with Crippen LogP contribution < -0.4 is 4.90 Å². The second-order valence-corrected chi connectivity index (χ2v) is 3.06. The Bertz CT molecular complexity index is 476. The van der Waals surface area contributed by atoms with Gasteiger partial charge >= 0.3 is 0 Å². The Morgan fingerprint density at radius 2 is 2.29 bits per heavy atom. The molecule has 2 heterocycles. The maximum atomic E-state index is 10.7. The van der Waals surface area contributed by atoms with Crippen molar-refractivity contribution in [2.24, 2.45) is 0 Å². The highest BCUT2D eigenvalue weighted by molar-refractivity contribution is 5.91. The molecule has 2 rings (SSSR count). The van der Waals surface area contributed by atoms with Crippen LogP contribution in [0.4, 0.5) is 6.01 Å². The molecule has 2 aromatic rings. The predicted molar refractivity (Wildman–Crippen MR) is 51.5 cm³/mol. The first-order valence-corrected chi connectivity index (χ1v) is 4.10. The van der Waals surface area contributed by atoms with Gasteiger partial charge in [0.25, 0.3) is 6.01 Å². The summed E-state index contributed by atoms with van der Waals surface area (Å²) in [6.07, 6.45) is 2.27. The molecule has 0 saturated carbocycles. The number of pyridine rings is 1. The van der Waals surface area contributed by atoms with Crippen molar-refractivity contribution in [3.8, 4) is 0 Å². The van der Waals surface area contributed by atoms with Crippen LogP contribution in [0.25, 0.3) is 11.2 Å². The molecular formula is C9H9N3O2. The molecule has 14 heavy (non-hydrogen) atoms. The highest BCUT2D eigenvalue weighted by Crippen LogP contribution is 2.20. The topological polar surface area (TPSA) is 59.2 Å². The zero-order valence-corrected chi connectivity index (χ0v) is 7.89. The van der Waals surface area contributed by atoms with E-state index in [4.69, 9.17) is 4.42 Å². The maximum absolute atomic E-state index is 10.7. The van der Waals surface area contributed by atoms with Gasteiger partial charge in [-0.15, -0.1) is 0 Å². The number of oxazole rings is 1. The second kappa shape index (κ2) is 3.10. The Labute approximate surface area is 80.4 Å². The maximum Gasteiger partial charge on any atom is 0.299 e. The Kier molecular flexibility index (Phi) is 1.92. The summed E-state index contributed by atoms with van der Waals surface area (Å²) in [5.41, 5.74) is 1.36. The van der Waals surface area contributed by atoms with Crippen LogP contribution in [0, 0.1) is 0 Å². The normalized spacial score (nSPS) is 10.4. The molecule has 0 spiro atoms. The monoisotopic (exact) mass is 191 g/mol. The molecule has 2 aromatic heterocycles. The minimum atomic E-state index is 0.436. The first kappa shape index (κ1) is 8.68. The molecule has 0 amide bonds. The Balaban J connectivity index is 2.70. The summed E-state index contributed by atoms with van der Waals surface area (Å²) in [6, 6.07) is 2.04. The van der Waals surface area contributed by atoms with Crippen molar-refractivity contribution in [1.29, 1.82) is 0 Å². The molecular weight excluding hydrogens is 182 g/mol. The molecule has 0 atom stereocenters. The lowest BCUT2D eigenvalue weighted by molar-refractivity contribution is 0.112. The van der Waals surface area contributed by atoms with Crippen LogP contribution in [0.15, 0.2) is 16.7 Å². The van der Waals surface area contributed by atoms with Crippen molar-refractivity contribution in [1.82, 2.24) is 9.97 Å². The Morgan fingerprint density at radius 1 is 1.50 bits per heavy atom. The third-order valence-corrected chi connectivity index (χ3v) is 1.82. The van der Waals surface area contributed by atoms with Crippen molar-refractivity contribution in [3.63, 3.8) is 0 Å². The molecule has 0 aliphatic rings. The average molecular weight is 191 g/mol. The number of anilines is 1. The molecule has 0 aromatic carbocycles. The highest BCUT2D eigenvalue weighted by atomic mass is 16.4. The van der Waals surface area contributed by atoms with Gasteiger partial charge in [0.15, 0.2) is 11.9 Å². The number of fused-ring (bicyclic) bond motifs is 1. The van der Waals surface area contributed by atoms with Gasteiger partial charge in [0.1, 0.15) is 0 Å². The van der Waals surface area contributed by atoms with Gasteiger partial charge in [-0.3, -0.25) is 4.79 Å². The van der Waals surface area contributed by atoms with Crippen molar-refractivity contribution >= 4 is 23.5 Å². The smallest absolute Gasteiger partial charge is 0.299 e.